The second-order valence-corrected chi connectivity index (χ2v) is 3.14. The van der Waals surface area contributed by atoms with Gasteiger partial charge in [-0.25, -0.2) is 0 Å². The Labute approximate surface area is 86.9 Å². The van der Waals surface area contributed by atoms with Crippen LogP contribution in [-0.2, 0) is 6.18 Å². The molecule has 1 nitrogen and oxygen atoms in total. The lowest BCUT2D eigenvalue weighted by Gasteiger charge is -2.16. The monoisotopic (exact) mass is 243 g/mol. The van der Waals surface area contributed by atoms with Gasteiger partial charge in [0, 0.05) is 0 Å². The van der Waals surface area contributed by atoms with E-state index in [0.717, 1.165) is 12.1 Å². The van der Waals surface area contributed by atoms with Gasteiger partial charge in [0.1, 0.15) is 6.04 Å². The zero-order chi connectivity index (χ0) is 12.6. The van der Waals surface area contributed by atoms with Gasteiger partial charge in [-0.1, -0.05) is 12.1 Å². The standard InChI is InChI=1S/C9H7F6N/c10-8(11,12)6-3-1-5(2-4-6)7(16)9(13,14)15/h1-4,7H,16H2/t7-/m1/s1. The van der Waals surface area contributed by atoms with Gasteiger partial charge < -0.3 is 5.73 Å². The first-order valence-corrected chi connectivity index (χ1v) is 4.12. The van der Waals surface area contributed by atoms with Crippen molar-refractivity contribution in [1.29, 1.82) is 0 Å². The first kappa shape index (κ1) is 12.8. The van der Waals surface area contributed by atoms with Gasteiger partial charge in [-0.05, 0) is 17.7 Å². The molecule has 0 aliphatic heterocycles. The summed E-state index contributed by atoms with van der Waals surface area (Å²) < 4.78 is 72.7. The molecule has 0 aliphatic carbocycles. The van der Waals surface area contributed by atoms with Crippen LogP contribution >= 0.6 is 0 Å². The van der Waals surface area contributed by atoms with Gasteiger partial charge in [0.05, 0.1) is 5.56 Å². The highest BCUT2D eigenvalue weighted by molar-refractivity contribution is 5.27. The summed E-state index contributed by atoms with van der Waals surface area (Å²) in [5.41, 5.74) is 3.41. The molecule has 0 aromatic heterocycles. The van der Waals surface area contributed by atoms with Crippen LogP contribution in [0.3, 0.4) is 0 Å². The summed E-state index contributed by atoms with van der Waals surface area (Å²) in [5, 5.41) is 0. The van der Waals surface area contributed by atoms with Crippen molar-refractivity contribution in [2.45, 2.75) is 18.4 Å². The predicted octanol–water partition coefficient (Wildman–Crippen LogP) is 3.27. The van der Waals surface area contributed by atoms with E-state index in [1.54, 1.807) is 0 Å². The highest BCUT2D eigenvalue weighted by Gasteiger charge is 2.38. The third-order valence-electron chi connectivity index (χ3n) is 1.95. The maximum atomic E-state index is 12.1. The molecule has 0 heterocycles. The Bertz CT molecular complexity index is 350. The first-order valence-electron chi connectivity index (χ1n) is 4.12. The molecule has 1 aromatic rings. The molecule has 2 N–H and O–H groups in total. The summed E-state index contributed by atoms with van der Waals surface area (Å²) in [4.78, 5) is 0. The van der Waals surface area contributed by atoms with Crippen LogP contribution in [0.4, 0.5) is 26.3 Å². The average molecular weight is 243 g/mol. The minimum absolute atomic E-state index is 0.402. The first-order chi connectivity index (χ1) is 7.12. The van der Waals surface area contributed by atoms with Crippen LogP contribution in [0.25, 0.3) is 0 Å². The zero-order valence-electron chi connectivity index (χ0n) is 7.73. The van der Waals surface area contributed by atoms with E-state index < -0.39 is 29.5 Å². The number of alkyl halides is 6. The number of benzene rings is 1. The molecule has 1 rings (SSSR count). The Kier molecular flexibility index (Phi) is 3.18. The summed E-state index contributed by atoms with van der Waals surface area (Å²) in [5.74, 6) is 0. The molecule has 0 radical (unpaired) electrons. The Morgan fingerprint density at radius 2 is 1.31 bits per heavy atom. The lowest BCUT2D eigenvalue weighted by molar-refractivity contribution is -0.149. The van der Waals surface area contributed by atoms with Crippen molar-refractivity contribution in [3.8, 4) is 0 Å². The van der Waals surface area contributed by atoms with Crippen molar-refractivity contribution in [2.24, 2.45) is 5.73 Å². The van der Waals surface area contributed by atoms with Crippen LogP contribution in [0.15, 0.2) is 24.3 Å². The highest BCUT2D eigenvalue weighted by atomic mass is 19.4. The molecule has 90 valence electrons. The van der Waals surface area contributed by atoms with Gasteiger partial charge in [-0.15, -0.1) is 0 Å². The van der Waals surface area contributed by atoms with Crippen LogP contribution in [0, 0.1) is 0 Å². The minimum Gasteiger partial charge on any atom is -0.316 e. The quantitative estimate of drug-likeness (QED) is 0.752. The number of halogens is 6. The molecule has 0 saturated carbocycles. The number of rotatable bonds is 1. The molecular weight excluding hydrogens is 236 g/mol. The molecule has 0 unspecified atom stereocenters. The summed E-state index contributed by atoms with van der Waals surface area (Å²) in [6.07, 6.45) is -9.24. The number of hydrogen-bond donors (Lipinski definition) is 1. The molecule has 0 spiro atoms. The van der Waals surface area contributed by atoms with E-state index in [4.69, 9.17) is 5.73 Å². The summed E-state index contributed by atoms with van der Waals surface area (Å²) >= 11 is 0. The molecule has 0 amide bonds. The topological polar surface area (TPSA) is 26.0 Å². The second-order valence-electron chi connectivity index (χ2n) is 3.14. The summed E-state index contributed by atoms with van der Waals surface area (Å²) in [6.45, 7) is 0. The minimum atomic E-state index is -4.67. The van der Waals surface area contributed by atoms with Crippen molar-refractivity contribution in [3.63, 3.8) is 0 Å². The third kappa shape index (κ3) is 2.88. The fraction of sp³-hybridized carbons (Fsp3) is 0.333. The van der Waals surface area contributed by atoms with Gasteiger partial charge >= 0.3 is 12.4 Å². The molecule has 0 bridgehead atoms. The lowest BCUT2D eigenvalue weighted by atomic mass is 10.1. The fourth-order valence-corrected chi connectivity index (χ4v) is 1.07. The van der Waals surface area contributed by atoms with Gasteiger partial charge in [0.15, 0.2) is 0 Å². The highest BCUT2D eigenvalue weighted by Crippen LogP contribution is 2.33. The number of hydrogen-bond acceptors (Lipinski definition) is 1. The van der Waals surface area contributed by atoms with E-state index in [1.165, 1.54) is 0 Å². The van der Waals surface area contributed by atoms with E-state index in [2.05, 4.69) is 0 Å². The summed E-state index contributed by atoms with van der Waals surface area (Å²) in [7, 11) is 0. The molecular formula is C9H7F6N. The van der Waals surface area contributed by atoms with Crippen LogP contribution < -0.4 is 5.73 Å². The normalized spacial score (nSPS) is 14.9. The van der Waals surface area contributed by atoms with Crippen molar-refractivity contribution in [2.75, 3.05) is 0 Å². The van der Waals surface area contributed by atoms with Crippen molar-refractivity contribution < 1.29 is 26.3 Å². The lowest BCUT2D eigenvalue weighted by Crippen LogP contribution is -2.28. The van der Waals surface area contributed by atoms with Crippen LogP contribution in [0.5, 0.6) is 0 Å². The van der Waals surface area contributed by atoms with Crippen molar-refractivity contribution >= 4 is 0 Å². The Morgan fingerprint density at radius 3 is 1.62 bits per heavy atom. The number of nitrogens with two attached hydrogens (primary N) is 1. The Morgan fingerprint density at radius 1 is 0.875 bits per heavy atom. The molecule has 1 atom stereocenters. The molecule has 0 saturated heterocycles. The summed E-state index contributed by atoms with van der Waals surface area (Å²) in [6, 6.07) is 0.318. The van der Waals surface area contributed by atoms with Crippen LogP contribution in [0.2, 0.25) is 0 Å². The largest absolute Gasteiger partial charge is 0.416 e. The zero-order valence-corrected chi connectivity index (χ0v) is 7.73. The van der Waals surface area contributed by atoms with E-state index in [-0.39, 0.29) is 0 Å². The maximum absolute atomic E-state index is 12.1. The SMILES string of the molecule is N[C@H](c1ccc(C(F)(F)F)cc1)C(F)(F)F. The van der Waals surface area contributed by atoms with Gasteiger partial charge in [-0.3, -0.25) is 0 Å². The molecule has 0 fully saturated rings. The predicted molar refractivity (Wildman–Crippen MR) is 44.4 cm³/mol. The molecule has 16 heavy (non-hydrogen) atoms. The molecule has 1 aromatic carbocycles. The average Bonchev–Trinajstić information content (AvgIpc) is 2.14. The van der Waals surface area contributed by atoms with Crippen molar-refractivity contribution in [3.05, 3.63) is 35.4 Å². The van der Waals surface area contributed by atoms with E-state index in [1.807, 2.05) is 0 Å². The molecule has 0 aliphatic rings. The van der Waals surface area contributed by atoms with Crippen LogP contribution in [-0.4, -0.2) is 6.18 Å². The smallest absolute Gasteiger partial charge is 0.316 e. The Balaban J connectivity index is 2.96. The maximum Gasteiger partial charge on any atom is 0.416 e. The third-order valence-corrected chi connectivity index (χ3v) is 1.95. The van der Waals surface area contributed by atoms with Gasteiger partial charge in [0.2, 0.25) is 0 Å². The van der Waals surface area contributed by atoms with Crippen molar-refractivity contribution in [1.82, 2.24) is 0 Å². The fourth-order valence-electron chi connectivity index (χ4n) is 1.07. The van der Waals surface area contributed by atoms with Gasteiger partial charge in [0.25, 0.3) is 0 Å². The second kappa shape index (κ2) is 3.97. The Hall–Kier alpha value is -1.24. The van der Waals surface area contributed by atoms with E-state index >= 15 is 0 Å². The van der Waals surface area contributed by atoms with E-state index in [9.17, 15) is 26.3 Å². The van der Waals surface area contributed by atoms with E-state index in [0.29, 0.717) is 12.1 Å². The van der Waals surface area contributed by atoms with Crippen LogP contribution in [0.1, 0.15) is 17.2 Å². The van der Waals surface area contributed by atoms with Gasteiger partial charge in [-0.2, -0.15) is 26.3 Å². The molecule has 7 heteroatoms.